The lowest BCUT2D eigenvalue weighted by molar-refractivity contribution is -0.150. The Balaban J connectivity index is 3.96. The monoisotopic (exact) mass is 494 g/mol. The third-order valence-corrected chi connectivity index (χ3v) is 6.74. The Hall–Kier alpha value is -1.32. The van der Waals surface area contributed by atoms with Crippen molar-refractivity contribution >= 4 is 11.9 Å². The maximum Gasteiger partial charge on any atom is 0.306 e. The number of allylic oxidation sites excluding steroid dienone is 2. The molecule has 0 rings (SSSR count). The lowest BCUT2D eigenvalue weighted by Gasteiger charge is -2.18. The fourth-order valence-electron chi connectivity index (χ4n) is 4.46. The molecule has 35 heavy (non-hydrogen) atoms. The largest absolute Gasteiger partial charge is 0.481 e. The summed E-state index contributed by atoms with van der Waals surface area (Å²) in [6.45, 7) is 4.47. The van der Waals surface area contributed by atoms with Gasteiger partial charge in [0.05, 0.1) is 0 Å². The fraction of sp³-hybridized carbons (Fsp3) is 0.871. The van der Waals surface area contributed by atoms with E-state index < -0.39 is 5.97 Å². The molecular formula is C31H58O4. The zero-order valence-electron chi connectivity index (χ0n) is 23.4. The molecule has 0 fully saturated rings. The van der Waals surface area contributed by atoms with Gasteiger partial charge < -0.3 is 9.84 Å². The Bertz CT molecular complexity index is 500. The van der Waals surface area contributed by atoms with E-state index in [9.17, 15) is 9.59 Å². The molecule has 4 nitrogen and oxygen atoms in total. The second kappa shape index (κ2) is 27.3. The van der Waals surface area contributed by atoms with Gasteiger partial charge in [0.15, 0.2) is 0 Å². The van der Waals surface area contributed by atoms with Crippen LogP contribution in [0.5, 0.6) is 0 Å². The van der Waals surface area contributed by atoms with Crippen LogP contribution in [-0.4, -0.2) is 23.1 Å². The van der Waals surface area contributed by atoms with Crippen LogP contribution in [0.25, 0.3) is 0 Å². The Kier molecular flexibility index (Phi) is 26.2. The SMILES string of the molecule is CCCC/C=C\CCCCCCCC(=O)OC(CCCCCCC)CCCCCCCCC(=O)O. The average Bonchev–Trinajstić information content (AvgIpc) is 2.83. The first-order valence-electron chi connectivity index (χ1n) is 15.2. The van der Waals surface area contributed by atoms with Gasteiger partial charge in [-0.1, -0.05) is 109 Å². The third kappa shape index (κ3) is 27.1. The Morgan fingerprint density at radius 2 is 1.06 bits per heavy atom. The molecule has 4 heteroatoms. The molecule has 1 N–H and O–H groups in total. The molecule has 0 aliphatic rings. The Morgan fingerprint density at radius 1 is 0.600 bits per heavy atom. The molecule has 0 amide bonds. The van der Waals surface area contributed by atoms with E-state index in [1.165, 1.54) is 70.6 Å². The molecule has 0 heterocycles. The highest BCUT2D eigenvalue weighted by Crippen LogP contribution is 2.18. The molecule has 0 radical (unpaired) electrons. The summed E-state index contributed by atoms with van der Waals surface area (Å²) in [5, 5.41) is 8.70. The van der Waals surface area contributed by atoms with Crippen LogP contribution in [0.3, 0.4) is 0 Å². The highest BCUT2D eigenvalue weighted by molar-refractivity contribution is 5.69. The lowest BCUT2D eigenvalue weighted by atomic mass is 10.0. The molecule has 0 aromatic rings. The van der Waals surface area contributed by atoms with Crippen molar-refractivity contribution in [2.45, 2.75) is 174 Å². The van der Waals surface area contributed by atoms with Crippen molar-refractivity contribution in [2.75, 3.05) is 0 Å². The van der Waals surface area contributed by atoms with E-state index in [0.717, 1.165) is 70.6 Å². The van der Waals surface area contributed by atoms with Gasteiger partial charge in [-0.25, -0.2) is 0 Å². The van der Waals surface area contributed by atoms with E-state index in [1.807, 2.05) is 0 Å². The predicted octanol–water partition coefficient (Wildman–Crippen LogP) is 9.94. The number of aliphatic carboxylic acids is 1. The van der Waals surface area contributed by atoms with Crippen molar-refractivity contribution < 1.29 is 19.4 Å². The van der Waals surface area contributed by atoms with Gasteiger partial charge in [0.2, 0.25) is 0 Å². The van der Waals surface area contributed by atoms with Gasteiger partial charge in [-0.05, 0) is 57.8 Å². The zero-order chi connectivity index (χ0) is 25.8. The molecule has 1 atom stereocenters. The topological polar surface area (TPSA) is 63.6 Å². The number of rotatable bonds is 27. The number of hydrogen-bond acceptors (Lipinski definition) is 3. The van der Waals surface area contributed by atoms with Crippen molar-refractivity contribution in [1.29, 1.82) is 0 Å². The van der Waals surface area contributed by atoms with Gasteiger partial charge in [-0.15, -0.1) is 0 Å². The highest BCUT2D eigenvalue weighted by atomic mass is 16.5. The van der Waals surface area contributed by atoms with Crippen LogP contribution < -0.4 is 0 Å². The minimum Gasteiger partial charge on any atom is -0.481 e. The van der Waals surface area contributed by atoms with Crippen molar-refractivity contribution in [1.82, 2.24) is 0 Å². The van der Waals surface area contributed by atoms with Crippen molar-refractivity contribution in [3.05, 3.63) is 12.2 Å². The maximum absolute atomic E-state index is 12.4. The molecule has 0 bridgehead atoms. The second-order valence-electron chi connectivity index (χ2n) is 10.3. The number of carboxylic acid groups (broad SMARTS) is 1. The highest BCUT2D eigenvalue weighted by Gasteiger charge is 2.14. The van der Waals surface area contributed by atoms with Gasteiger partial charge in [-0.3, -0.25) is 9.59 Å². The minimum absolute atomic E-state index is 0.00362. The number of carboxylic acids is 1. The molecule has 1 unspecified atom stereocenters. The molecule has 0 saturated heterocycles. The van der Waals surface area contributed by atoms with Crippen LogP contribution in [0.2, 0.25) is 0 Å². The summed E-state index contributed by atoms with van der Waals surface area (Å²) in [6.07, 6.45) is 30.8. The van der Waals surface area contributed by atoms with Crippen LogP contribution in [-0.2, 0) is 14.3 Å². The average molecular weight is 495 g/mol. The number of carbonyl (C=O) groups excluding carboxylic acids is 1. The normalized spacial score (nSPS) is 12.3. The first kappa shape index (κ1) is 33.7. The quantitative estimate of drug-likeness (QED) is 0.0701. The first-order chi connectivity index (χ1) is 17.1. The molecule has 0 saturated carbocycles. The fourth-order valence-corrected chi connectivity index (χ4v) is 4.46. The first-order valence-corrected chi connectivity index (χ1v) is 15.2. The summed E-state index contributed by atoms with van der Waals surface area (Å²) in [6, 6.07) is 0. The number of ether oxygens (including phenoxy) is 1. The van der Waals surface area contributed by atoms with Gasteiger partial charge in [-0.2, -0.15) is 0 Å². The minimum atomic E-state index is -0.695. The Morgan fingerprint density at radius 3 is 1.63 bits per heavy atom. The number of esters is 1. The van der Waals surface area contributed by atoms with Gasteiger partial charge in [0.25, 0.3) is 0 Å². The summed E-state index contributed by atoms with van der Waals surface area (Å²) in [5.41, 5.74) is 0. The van der Waals surface area contributed by atoms with Crippen LogP contribution in [0.1, 0.15) is 168 Å². The van der Waals surface area contributed by atoms with E-state index in [1.54, 1.807) is 0 Å². The molecule has 0 aromatic heterocycles. The predicted molar refractivity (Wildman–Crippen MR) is 149 cm³/mol. The van der Waals surface area contributed by atoms with E-state index in [2.05, 4.69) is 26.0 Å². The van der Waals surface area contributed by atoms with Crippen LogP contribution in [0.4, 0.5) is 0 Å². The van der Waals surface area contributed by atoms with E-state index in [-0.39, 0.29) is 18.5 Å². The summed E-state index contributed by atoms with van der Waals surface area (Å²) in [4.78, 5) is 23.0. The summed E-state index contributed by atoms with van der Waals surface area (Å²) >= 11 is 0. The van der Waals surface area contributed by atoms with E-state index in [4.69, 9.17) is 9.84 Å². The third-order valence-electron chi connectivity index (χ3n) is 6.74. The molecular weight excluding hydrogens is 436 g/mol. The summed E-state index contributed by atoms with van der Waals surface area (Å²) < 4.78 is 5.91. The zero-order valence-corrected chi connectivity index (χ0v) is 23.4. The van der Waals surface area contributed by atoms with Gasteiger partial charge in [0, 0.05) is 12.8 Å². The lowest BCUT2D eigenvalue weighted by Crippen LogP contribution is -2.18. The van der Waals surface area contributed by atoms with Crippen molar-refractivity contribution in [3.8, 4) is 0 Å². The van der Waals surface area contributed by atoms with Crippen LogP contribution >= 0.6 is 0 Å². The van der Waals surface area contributed by atoms with Crippen molar-refractivity contribution in [3.63, 3.8) is 0 Å². The van der Waals surface area contributed by atoms with Crippen LogP contribution in [0.15, 0.2) is 12.2 Å². The summed E-state index contributed by atoms with van der Waals surface area (Å²) in [7, 11) is 0. The van der Waals surface area contributed by atoms with E-state index >= 15 is 0 Å². The number of unbranched alkanes of at least 4 members (excludes halogenated alkanes) is 16. The molecule has 0 aliphatic carbocycles. The van der Waals surface area contributed by atoms with Crippen molar-refractivity contribution in [2.24, 2.45) is 0 Å². The molecule has 206 valence electrons. The number of carbonyl (C=O) groups is 2. The maximum atomic E-state index is 12.4. The van der Waals surface area contributed by atoms with Gasteiger partial charge in [0.1, 0.15) is 6.10 Å². The molecule has 0 aliphatic heterocycles. The molecule has 0 spiro atoms. The second-order valence-corrected chi connectivity index (χ2v) is 10.3. The van der Waals surface area contributed by atoms with E-state index in [0.29, 0.717) is 6.42 Å². The molecule has 0 aromatic carbocycles. The number of hydrogen-bond donors (Lipinski definition) is 1. The van der Waals surface area contributed by atoms with Gasteiger partial charge >= 0.3 is 11.9 Å². The smallest absolute Gasteiger partial charge is 0.306 e. The summed E-state index contributed by atoms with van der Waals surface area (Å²) in [5.74, 6) is -0.699. The van der Waals surface area contributed by atoms with Crippen LogP contribution in [0, 0.1) is 0 Å². The Labute approximate surface area is 217 Å². The standard InChI is InChI=1S/C31H58O4/c1-3-5-7-9-10-11-12-13-14-20-24-28-31(34)35-29(25-21-17-8-6-4-2)26-22-18-15-16-19-23-27-30(32)33/h9-10,29H,3-8,11-28H2,1-2H3,(H,32,33)/b10-9-.